The summed E-state index contributed by atoms with van der Waals surface area (Å²) in [6.45, 7) is 1.83. The van der Waals surface area contributed by atoms with Crippen molar-refractivity contribution >= 4 is 0 Å². The highest BCUT2D eigenvalue weighted by Gasteiger charge is 2.04. The number of hydrogen-bond donors (Lipinski definition) is 3. The third kappa shape index (κ3) is 2.56. The Labute approximate surface area is 43.3 Å². The molecule has 0 spiro atoms. The monoisotopic (exact) mass is 104 g/mol. The van der Waals surface area contributed by atoms with Crippen LogP contribution >= 0.6 is 0 Å². The van der Waals surface area contributed by atoms with Crippen LogP contribution in [0.4, 0.5) is 0 Å². The third-order valence-electron chi connectivity index (χ3n) is 0.863. The van der Waals surface area contributed by atoms with Crippen LogP contribution in [0, 0.1) is 0 Å². The molecule has 0 saturated heterocycles. The van der Waals surface area contributed by atoms with Crippen LogP contribution < -0.4 is 11.5 Å². The Balaban J connectivity index is 3.14. The topological polar surface area (TPSA) is 72.3 Å². The second-order valence-corrected chi connectivity index (χ2v) is 1.55. The van der Waals surface area contributed by atoms with Crippen molar-refractivity contribution in [1.29, 1.82) is 0 Å². The molecule has 0 aliphatic heterocycles. The van der Waals surface area contributed by atoms with Gasteiger partial charge in [0, 0.05) is 0 Å². The van der Waals surface area contributed by atoms with Gasteiger partial charge in [0.25, 0.3) is 0 Å². The van der Waals surface area contributed by atoms with E-state index in [1.165, 1.54) is 0 Å². The Hall–Kier alpha value is -0.120. The lowest BCUT2D eigenvalue weighted by Crippen LogP contribution is -2.42. The lowest BCUT2D eigenvalue weighted by atomic mass is 10.2. The van der Waals surface area contributed by atoms with Crippen LogP contribution in [0.1, 0.15) is 13.3 Å². The van der Waals surface area contributed by atoms with Gasteiger partial charge in [-0.25, -0.2) is 0 Å². The van der Waals surface area contributed by atoms with Gasteiger partial charge in [0.2, 0.25) is 0 Å². The van der Waals surface area contributed by atoms with Gasteiger partial charge in [-0.2, -0.15) is 0 Å². The molecule has 3 nitrogen and oxygen atoms in total. The van der Waals surface area contributed by atoms with Gasteiger partial charge in [0.1, 0.15) is 0 Å². The van der Waals surface area contributed by atoms with Crippen LogP contribution in [0.3, 0.4) is 0 Å². The summed E-state index contributed by atoms with van der Waals surface area (Å²) in [6.07, 6.45) is -0.498. The zero-order valence-electron chi connectivity index (χ0n) is 4.46. The van der Waals surface area contributed by atoms with Crippen LogP contribution in [0.2, 0.25) is 0 Å². The number of rotatable bonds is 2. The molecule has 0 aromatic heterocycles. The highest BCUT2D eigenvalue weighted by Crippen LogP contribution is 1.87. The Kier molecular flexibility index (Phi) is 2.91. The van der Waals surface area contributed by atoms with Crippen molar-refractivity contribution in [2.24, 2.45) is 11.5 Å². The molecule has 0 unspecified atom stereocenters. The minimum atomic E-state index is -0.579. The summed E-state index contributed by atoms with van der Waals surface area (Å²) in [7, 11) is 0. The van der Waals surface area contributed by atoms with E-state index in [0.29, 0.717) is 6.42 Å². The fraction of sp³-hybridized carbons (Fsp3) is 1.00. The highest BCUT2D eigenvalue weighted by atomic mass is 16.3. The molecule has 7 heavy (non-hydrogen) atoms. The molecule has 0 fully saturated rings. The second-order valence-electron chi connectivity index (χ2n) is 1.55. The van der Waals surface area contributed by atoms with E-state index in [2.05, 4.69) is 0 Å². The Bertz CT molecular complexity index is 47.0. The fourth-order valence-electron chi connectivity index (χ4n) is 0.272. The summed E-state index contributed by atoms with van der Waals surface area (Å²) in [5.41, 5.74) is 10.1. The molecular formula is C4H12N2O. The Morgan fingerprint density at radius 2 is 2.00 bits per heavy atom. The minimum absolute atomic E-state index is 0.542. The van der Waals surface area contributed by atoms with Crippen molar-refractivity contribution in [3.05, 3.63) is 0 Å². The SMILES string of the molecule is CC[C@H](O)C(N)N. The number of aliphatic hydroxyl groups is 1. The molecule has 3 heteroatoms. The molecule has 0 aliphatic carbocycles. The van der Waals surface area contributed by atoms with Crippen molar-refractivity contribution in [3.63, 3.8) is 0 Å². The Morgan fingerprint density at radius 1 is 1.57 bits per heavy atom. The molecule has 0 aromatic rings. The quantitative estimate of drug-likeness (QED) is 0.393. The van der Waals surface area contributed by atoms with E-state index in [1.54, 1.807) is 0 Å². The summed E-state index contributed by atoms with van der Waals surface area (Å²) in [4.78, 5) is 0. The maximum atomic E-state index is 8.69. The van der Waals surface area contributed by atoms with E-state index in [9.17, 15) is 0 Å². The van der Waals surface area contributed by atoms with Gasteiger partial charge in [0.05, 0.1) is 12.3 Å². The van der Waals surface area contributed by atoms with Gasteiger partial charge in [0.15, 0.2) is 0 Å². The van der Waals surface area contributed by atoms with Gasteiger partial charge < -0.3 is 16.6 Å². The number of aliphatic hydroxyl groups excluding tert-OH is 1. The van der Waals surface area contributed by atoms with Gasteiger partial charge >= 0.3 is 0 Å². The molecule has 0 amide bonds. The average Bonchev–Trinajstić information content (AvgIpc) is 1.65. The fourth-order valence-corrected chi connectivity index (χ4v) is 0.272. The smallest absolute Gasteiger partial charge is 0.0817 e. The average molecular weight is 104 g/mol. The molecule has 5 N–H and O–H groups in total. The van der Waals surface area contributed by atoms with Crippen LogP contribution in [0.25, 0.3) is 0 Å². The largest absolute Gasteiger partial charge is 0.390 e. The molecule has 1 atom stereocenters. The van der Waals surface area contributed by atoms with Gasteiger partial charge in [-0.3, -0.25) is 0 Å². The van der Waals surface area contributed by atoms with Crippen molar-refractivity contribution in [1.82, 2.24) is 0 Å². The van der Waals surface area contributed by atoms with E-state index in [4.69, 9.17) is 16.6 Å². The summed E-state index contributed by atoms with van der Waals surface area (Å²) in [6, 6.07) is 0. The first-order valence-electron chi connectivity index (χ1n) is 2.37. The normalized spacial score (nSPS) is 15.0. The molecule has 0 aromatic carbocycles. The third-order valence-corrected chi connectivity index (χ3v) is 0.863. The van der Waals surface area contributed by atoms with E-state index in [-0.39, 0.29) is 0 Å². The van der Waals surface area contributed by atoms with Gasteiger partial charge in [-0.05, 0) is 6.42 Å². The van der Waals surface area contributed by atoms with Crippen molar-refractivity contribution in [2.45, 2.75) is 25.6 Å². The molecule has 44 valence electrons. The molecule has 0 radical (unpaired) electrons. The zero-order valence-corrected chi connectivity index (χ0v) is 4.46. The molecule has 0 aliphatic rings. The second kappa shape index (κ2) is 2.96. The van der Waals surface area contributed by atoms with Crippen molar-refractivity contribution in [3.8, 4) is 0 Å². The predicted molar refractivity (Wildman–Crippen MR) is 28.5 cm³/mol. The van der Waals surface area contributed by atoms with Crippen molar-refractivity contribution in [2.75, 3.05) is 0 Å². The first-order valence-corrected chi connectivity index (χ1v) is 2.37. The summed E-state index contributed by atoms with van der Waals surface area (Å²) < 4.78 is 0. The van der Waals surface area contributed by atoms with E-state index < -0.39 is 12.3 Å². The summed E-state index contributed by atoms with van der Waals surface area (Å²) in [5, 5.41) is 8.69. The predicted octanol–water partition coefficient (Wildman–Crippen LogP) is -0.999. The van der Waals surface area contributed by atoms with Crippen LogP contribution in [0.15, 0.2) is 0 Å². The van der Waals surface area contributed by atoms with Crippen molar-refractivity contribution < 1.29 is 5.11 Å². The van der Waals surface area contributed by atoms with Crippen LogP contribution in [-0.2, 0) is 0 Å². The van der Waals surface area contributed by atoms with Gasteiger partial charge in [-0.15, -0.1) is 0 Å². The molecular weight excluding hydrogens is 92.1 g/mol. The number of nitrogens with two attached hydrogens (primary N) is 2. The summed E-state index contributed by atoms with van der Waals surface area (Å²) >= 11 is 0. The molecule has 0 bridgehead atoms. The zero-order chi connectivity index (χ0) is 5.86. The number of hydrogen-bond acceptors (Lipinski definition) is 3. The molecule has 0 rings (SSSR count). The van der Waals surface area contributed by atoms with Crippen LogP contribution in [-0.4, -0.2) is 17.4 Å². The minimum Gasteiger partial charge on any atom is -0.390 e. The van der Waals surface area contributed by atoms with Crippen LogP contribution in [0.5, 0.6) is 0 Å². The lowest BCUT2D eigenvalue weighted by molar-refractivity contribution is 0.142. The standard InChI is InChI=1S/C4H12N2O/c1-2-3(7)4(5)6/h3-4,7H,2,5-6H2,1H3/t3-/m0/s1. The van der Waals surface area contributed by atoms with E-state index in [1.807, 2.05) is 6.92 Å². The Morgan fingerprint density at radius 3 is 2.00 bits per heavy atom. The first-order chi connectivity index (χ1) is 3.18. The first kappa shape index (κ1) is 6.88. The van der Waals surface area contributed by atoms with E-state index >= 15 is 0 Å². The highest BCUT2D eigenvalue weighted by molar-refractivity contribution is 4.60. The lowest BCUT2D eigenvalue weighted by Gasteiger charge is -2.09. The van der Waals surface area contributed by atoms with E-state index in [0.717, 1.165) is 0 Å². The van der Waals surface area contributed by atoms with Gasteiger partial charge in [-0.1, -0.05) is 6.92 Å². The maximum Gasteiger partial charge on any atom is 0.0817 e. The molecule has 0 heterocycles. The molecule has 0 saturated carbocycles. The maximum absolute atomic E-state index is 8.69. The summed E-state index contributed by atoms with van der Waals surface area (Å²) in [5.74, 6) is 0.